The monoisotopic (exact) mass is 436 g/mol. The SMILES string of the molecule is O=C(Nc1ccc(-n2ccccc2=O)cc1)[C@H]1CCCN1C(=O)Nc1ccc(Cl)cc1. The van der Waals surface area contributed by atoms with E-state index in [2.05, 4.69) is 10.6 Å². The minimum absolute atomic E-state index is 0.132. The van der Waals surface area contributed by atoms with Crippen molar-refractivity contribution in [3.8, 4) is 5.69 Å². The summed E-state index contributed by atoms with van der Waals surface area (Å²) in [6.45, 7) is 0.507. The number of nitrogens with zero attached hydrogens (tertiary/aromatic N) is 2. The number of aromatic nitrogens is 1. The van der Waals surface area contributed by atoms with Crippen LogP contribution in [0.1, 0.15) is 12.8 Å². The Bertz CT molecular complexity index is 1140. The maximum absolute atomic E-state index is 12.8. The zero-order chi connectivity index (χ0) is 21.8. The maximum Gasteiger partial charge on any atom is 0.322 e. The molecule has 0 aliphatic carbocycles. The molecule has 3 aromatic rings. The highest BCUT2D eigenvalue weighted by molar-refractivity contribution is 6.30. The normalized spacial score (nSPS) is 15.5. The molecule has 0 unspecified atom stereocenters. The van der Waals surface area contributed by atoms with Crippen LogP contribution >= 0.6 is 11.6 Å². The van der Waals surface area contributed by atoms with Crippen LogP contribution in [0, 0.1) is 0 Å². The van der Waals surface area contributed by atoms with Gasteiger partial charge in [-0.3, -0.25) is 14.2 Å². The largest absolute Gasteiger partial charge is 0.324 e. The lowest BCUT2D eigenvalue weighted by molar-refractivity contribution is -0.119. The molecule has 1 atom stereocenters. The van der Waals surface area contributed by atoms with Gasteiger partial charge in [-0.15, -0.1) is 0 Å². The van der Waals surface area contributed by atoms with Crippen molar-refractivity contribution in [3.63, 3.8) is 0 Å². The Morgan fingerprint density at radius 3 is 2.29 bits per heavy atom. The minimum atomic E-state index is -0.552. The number of rotatable bonds is 4. The van der Waals surface area contributed by atoms with Crippen LogP contribution in [-0.4, -0.2) is 34.0 Å². The average molecular weight is 437 g/mol. The molecule has 0 radical (unpaired) electrons. The number of carbonyl (C=O) groups is 2. The Morgan fingerprint density at radius 2 is 1.58 bits per heavy atom. The van der Waals surface area contributed by atoms with Gasteiger partial charge in [0.1, 0.15) is 6.04 Å². The van der Waals surface area contributed by atoms with E-state index in [1.165, 1.54) is 10.6 Å². The van der Waals surface area contributed by atoms with Crippen molar-refractivity contribution in [3.05, 3.63) is 88.3 Å². The highest BCUT2D eigenvalue weighted by atomic mass is 35.5. The minimum Gasteiger partial charge on any atom is -0.324 e. The summed E-state index contributed by atoms with van der Waals surface area (Å²) in [6.07, 6.45) is 3.03. The summed E-state index contributed by atoms with van der Waals surface area (Å²) in [5.74, 6) is -0.242. The third-order valence-electron chi connectivity index (χ3n) is 5.15. The van der Waals surface area contributed by atoms with E-state index in [1.54, 1.807) is 71.8 Å². The molecule has 3 amide bonds. The quantitative estimate of drug-likeness (QED) is 0.645. The Balaban J connectivity index is 1.41. The summed E-state index contributed by atoms with van der Waals surface area (Å²) in [4.78, 5) is 39.0. The number of amides is 3. The fourth-order valence-electron chi connectivity index (χ4n) is 3.58. The molecular weight excluding hydrogens is 416 g/mol. The van der Waals surface area contributed by atoms with Crippen molar-refractivity contribution in [1.29, 1.82) is 0 Å². The van der Waals surface area contributed by atoms with E-state index < -0.39 is 6.04 Å². The van der Waals surface area contributed by atoms with Crippen molar-refractivity contribution in [2.24, 2.45) is 0 Å². The van der Waals surface area contributed by atoms with E-state index in [0.717, 1.165) is 6.42 Å². The van der Waals surface area contributed by atoms with Crippen LogP contribution in [0.15, 0.2) is 77.7 Å². The highest BCUT2D eigenvalue weighted by Gasteiger charge is 2.34. The first kappa shape index (κ1) is 20.7. The van der Waals surface area contributed by atoms with E-state index in [0.29, 0.717) is 35.1 Å². The summed E-state index contributed by atoms with van der Waals surface area (Å²) < 4.78 is 1.52. The third-order valence-corrected chi connectivity index (χ3v) is 5.40. The number of benzene rings is 2. The molecule has 7 nitrogen and oxygen atoms in total. The summed E-state index contributed by atoms with van der Waals surface area (Å²) >= 11 is 5.88. The number of urea groups is 1. The number of carbonyl (C=O) groups excluding carboxylic acids is 2. The van der Waals surface area contributed by atoms with Crippen LogP contribution in [0.4, 0.5) is 16.2 Å². The third kappa shape index (κ3) is 4.78. The van der Waals surface area contributed by atoms with Crippen molar-refractivity contribution >= 4 is 34.9 Å². The second-order valence-corrected chi connectivity index (χ2v) is 7.67. The lowest BCUT2D eigenvalue weighted by Crippen LogP contribution is -2.45. The molecule has 1 aliphatic rings. The second kappa shape index (κ2) is 9.06. The van der Waals surface area contributed by atoms with Crippen LogP contribution in [0.25, 0.3) is 5.69 Å². The number of hydrogen-bond acceptors (Lipinski definition) is 3. The molecule has 8 heteroatoms. The van der Waals surface area contributed by atoms with Gasteiger partial charge < -0.3 is 15.5 Å². The summed E-state index contributed by atoms with van der Waals surface area (Å²) in [6, 6.07) is 17.9. The van der Waals surface area contributed by atoms with Crippen LogP contribution in [-0.2, 0) is 4.79 Å². The first-order valence-electron chi connectivity index (χ1n) is 9.93. The first-order chi connectivity index (χ1) is 15.0. The Labute approximate surface area is 184 Å². The van der Waals surface area contributed by atoms with Crippen molar-refractivity contribution < 1.29 is 9.59 Å². The number of likely N-dealkylation sites (tertiary alicyclic amines) is 1. The molecule has 1 aromatic heterocycles. The van der Waals surface area contributed by atoms with Crippen LogP contribution in [0.3, 0.4) is 0 Å². The molecule has 4 rings (SSSR count). The molecule has 1 saturated heterocycles. The molecule has 2 N–H and O–H groups in total. The Morgan fingerprint density at radius 1 is 0.903 bits per heavy atom. The molecule has 1 aliphatic heterocycles. The number of hydrogen-bond donors (Lipinski definition) is 2. The topological polar surface area (TPSA) is 83.4 Å². The lowest BCUT2D eigenvalue weighted by Gasteiger charge is -2.24. The van der Waals surface area contributed by atoms with E-state index >= 15 is 0 Å². The molecule has 1 fully saturated rings. The number of pyridine rings is 1. The lowest BCUT2D eigenvalue weighted by atomic mass is 10.2. The standard InChI is InChI=1S/C23H21ClN4O3/c24-16-6-8-18(9-7-16)26-23(31)28-15-3-4-20(28)22(30)25-17-10-12-19(13-11-17)27-14-2-1-5-21(27)29/h1-2,5-14,20H,3-4,15H2,(H,25,30)(H,26,31)/t20-/m1/s1. The molecule has 31 heavy (non-hydrogen) atoms. The molecule has 0 bridgehead atoms. The smallest absolute Gasteiger partial charge is 0.322 e. The highest BCUT2D eigenvalue weighted by Crippen LogP contribution is 2.22. The van der Waals surface area contributed by atoms with Crippen LogP contribution < -0.4 is 16.2 Å². The summed E-state index contributed by atoms with van der Waals surface area (Å²) in [5, 5.41) is 6.26. The maximum atomic E-state index is 12.8. The van der Waals surface area contributed by atoms with Gasteiger partial charge >= 0.3 is 6.03 Å². The van der Waals surface area contributed by atoms with Gasteiger partial charge in [-0.1, -0.05) is 17.7 Å². The predicted molar refractivity (Wildman–Crippen MR) is 121 cm³/mol. The van der Waals surface area contributed by atoms with Gasteiger partial charge in [0, 0.05) is 40.9 Å². The summed E-state index contributed by atoms with van der Waals surface area (Å²) in [7, 11) is 0. The zero-order valence-corrected chi connectivity index (χ0v) is 17.4. The zero-order valence-electron chi connectivity index (χ0n) is 16.6. The van der Waals surface area contributed by atoms with Gasteiger partial charge in [-0.2, -0.15) is 0 Å². The number of halogens is 1. The van der Waals surface area contributed by atoms with E-state index in [4.69, 9.17) is 11.6 Å². The van der Waals surface area contributed by atoms with Gasteiger partial charge in [0.15, 0.2) is 0 Å². The van der Waals surface area contributed by atoms with Gasteiger partial charge in [-0.05, 0) is 67.4 Å². The predicted octanol–water partition coefficient (Wildman–Crippen LogP) is 4.13. The fraction of sp³-hybridized carbons (Fsp3) is 0.174. The fourth-order valence-corrected chi connectivity index (χ4v) is 3.71. The van der Waals surface area contributed by atoms with Gasteiger partial charge in [-0.25, -0.2) is 4.79 Å². The summed E-state index contributed by atoms with van der Waals surface area (Å²) in [5.41, 5.74) is 1.79. The van der Waals surface area contributed by atoms with E-state index in [-0.39, 0.29) is 17.5 Å². The van der Waals surface area contributed by atoms with Crippen LogP contribution in [0.2, 0.25) is 5.02 Å². The van der Waals surface area contributed by atoms with E-state index in [1.807, 2.05) is 0 Å². The van der Waals surface area contributed by atoms with Crippen LogP contribution in [0.5, 0.6) is 0 Å². The molecule has 158 valence electrons. The van der Waals surface area contributed by atoms with Gasteiger partial charge in [0.25, 0.3) is 5.56 Å². The van der Waals surface area contributed by atoms with Crippen molar-refractivity contribution in [2.45, 2.75) is 18.9 Å². The second-order valence-electron chi connectivity index (χ2n) is 7.23. The van der Waals surface area contributed by atoms with Gasteiger partial charge in [0.05, 0.1) is 0 Å². The van der Waals surface area contributed by atoms with Crippen molar-refractivity contribution in [2.75, 3.05) is 17.2 Å². The van der Waals surface area contributed by atoms with Gasteiger partial charge in [0.2, 0.25) is 5.91 Å². The van der Waals surface area contributed by atoms with E-state index in [9.17, 15) is 14.4 Å². The Hall–Kier alpha value is -3.58. The first-order valence-corrected chi connectivity index (χ1v) is 10.3. The number of anilines is 2. The molecule has 2 aromatic carbocycles. The Kier molecular flexibility index (Phi) is 6.04. The molecule has 2 heterocycles. The molecule has 0 saturated carbocycles. The molecular formula is C23H21ClN4O3. The average Bonchev–Trinajstić information content (AvgIpc) is 3.27. The number of nitrogens with one attached hydrogen (secondary N) is 2. The van der Waals surface area contributed by atoms with Crippen molar-refractivity contribution in [1.82, 2.24) is 9.47 Å². The molecule has 0 spiro atoms.